The Kier molecular flexibility index (Phi) is 4.27. The van der Waals surface area contributed by atoms with Crippen LogP contribution in [0.5, 0.6) is 0 Å². The molecule has 102 valence electrons. The van der Waals surface area contributed by atoms with Crippen molar-refractivity contribution < 1.29 is 18.3 Å². The van der Waals surface area contributed by atoms with Gasteiger partial charge in [0.15, 0.2) is 11.6 Å². The van der Waals surface area contributed by atoms with Gasteiger partial charge in [-0.3, -0.25) is 4.79 Å². The summed E-state index contributed by atoms with van der Waals surface area (Å²) in [6.45, 7) is 1.42. The summed E-state index contributed by atoms with van der Waals surface area (Å²) in [5.74, 6) is -2.57. The van der Waals surface area contributed by atoms with Crippen LogP contribution in [-0.4, -0.2) is 37.6 Å². The van der Waals surface area contributed by atoms with E-state index in [-0.39, 0.29) is 5.56 Å². The number of halogens is 2. The van der Waals surface area contributed by atoms with Gasteiger partial charge >= 0.3 is 0 Å². The summed E-state index contributed by atoms with van der Waals surface area (Å²) >= 11 is 0. The van der Waals surface area contributed by atoms with Gasteiger partial charge in [0.25, 0.3) is 5.91 Å². The summed E-state index contributed by atoms with van der Waals surface area (Å²) in [7, 11) is 1.61. The molecule has 5 heteroatoms. The van der Waals surface area contributed by atoms with Gasteiger partial charge in [0, 0.05) is 20.2 Å². The summed E-state index contributed by atoms with van der Waals surface area (Å²) < 4.78 is 31.7. The maximum absolute atomic E-state index is 13.5. The number of carbonyl (C=O) groups is 1. The Balaban J connectivity index is 2.12. The molecule has 0 saturated heterocycles. The fourth-order valence-corrected chi connectivity index (χ4v) is 2.05. The van der Waals surface area contributed by atoms with E-state index in [0.29, 0.717) is 26.1 Å². The molecule has 0 spiro atoms. The smallest absolute Gasteiger partial charge is 0.257 e. The lowest BCUT2D eigenvalue weighted by Gasteiger charge is -2.26. The Morgan fingerprint density at radius 2 is 2.21 bits per heavy atom. The molecule has 0 bridgehead atoms. The summed E-state index contributed by atoms with van der Waals surface area (Å²) in [6.07, 6.45) is 2.58. The number of ether oxygens (including phenoxy) is 1. The number of carbonyl (C=O) groups excluding carboxylic acids is 1. The van der Waals surface area contributed by atoms with Crippen LogP contribution in [0.15, 0.2) is 29.8 Å². The number of hydrogen-bond acceptors (Lipinski definition) is 2. The SMILES string of the molecule is COCC1=CCN(C(=O)c2cccc(F)c2F)CC1. The van der Waals surface area contributed by atoms with Crippen molar-refractivity contribution in [2.75, 3.05) is 26.8 Å². The summed E-state index contributed by atoms with van der Waals surface area (Å²) in [6, 6.07) is 3.63. The van der Waals surface area contributed by atoms with Crippen molar-refractivity contribution in [1.29, 1.82) is 0 Å². The molecule has 0 fully saturated rings. The van der Waals surface area contributed by atoms with Crippen LogP contribution in [0.1, 0.15) is 16.8 Å². The highest BCUT2D eigenvalue weighted by Crippen LogP contribution is 2.17. The fraction of sp³-hybridized carbons (Fsp3) is 0.357. The minimum absolute atomic E-state index is 0.219. The topological polar surface area (TPSA) is 29.5 Å². The average Bonchev–Trinajstić information content (AvgIpc) is 2.42. The summed E-state index contributed by atoms with van der Waals surface area (Å²) in [5.41, 5.74) is 0.898. The number of amides is 1. The van der Waals surface area contributed by atoms with Gasteiger partial charge in [-0.15, -0.1) is 0 Å². The van der Waals surface area contributed by atoms with E-state index in [2.05, 4.69) is 0 Å². The van der Waals surface area contributed by atoms with Crippen molar-refractivity contribution in [2.24, 2.45) is 0 Å². The first kappa shape index (κ1) is 13.7. The van der Waals surface area contributed by atoms with Gasteiger partial charge in [-0.1, -0.05) is 12.1 Å². The molecule has 0 radical (unpaired) electrons. The molecule has 0 atom stereocenters. The lowest BCUT2D eigenvalue weighted by molar-refractivity contribution is 0.0759. The zero-order valence-electron chi connectivity index (χ0n) is 10.7. The van der Waals surface area contributed by atoms with Gasteiger partial charge in [-0.05, 0) is 24.1 Å². The molecule has 19 heavy (non-hydrogen) atoms. The molecular weight excluding hydrogens is 252 g/mol. The van der Waals surface area contributed by atoms with Gasteiger partial charge < -0.3 is 9.64 Å². The third-order valence-corrected chi connectivity index (χ3v) is 3.10. The molecule has 0 N–H and O–H groups in total. The quantitative estimate of drug-likeness (QED) is 0.787. The Hall–Kier alpha value is -1.75. The minimum Gasteiger partial charge on any atom is -0.380 e. The van der Waals surface area contributed by atoms with E-state index < -0.39 is 17.5 Å². The van der Waals surface area contributed by atoms with E-state index in [1.807, 2.05) is 6.08 Å². The third kappa shape index (κ3) is 2.98. The van der Waals surface area contributed by atoms with Crippen molar-refractivity contribution >= 4 is 5.91 Å². The van der Waals surface area contributed by atoms with Crippen LogP contribution in [-0.2, 0) is 4.74 Å². The molecule has 1 aliphatic heterocycles. The van der Waals surface area contributed by atoms with Crippen LogP contribution in [0.2, 0.25) is 0 Å². The number of benzene rings is 1. The maximum Gasteiger partial charge on any atom is 0.257 e. The van der Waals surface area contributed by atoms with Gasteiger partial charge in [0.2, 0.25) is 0 Å². The largest absolute Gasteiger partial charge is 0.380 e. The molecule has 1 aromatic rings. The van der Waals surface area contributed by atoms with Crippen molar-refractivity contribution in [1.82, 2.24) is 4.90 Å². The van der Waals surface area contributed by atoms with E-state index in [4.69, 9.17) is 4.74 Å². The molecule has 0 aromatic heterocycles. The van der Waals surface area contributed by atoms with E-state index in [1.165, 1.54) is 17.0 Å². The number of methoxy groups -OCH3 is 1. The molecule has 1 aliphatic rings. The molecule has 1 heterocycles. The molecule has 0 aliphatic carbocycles. The van der Waals surface area contributed by atoms with E-state index in [0.717, 1.165) is 11.6 Å². The van der Waals surface area contributed by atoms with Gasteiger partial charge in [0.1, 0.15) is 0 Å². The second-order valence-electron chi connectivity index (χ2n) is 4.40. The Morgan fingerprint density at radius 3 is 2.84 bits per heavy atom. The monoisotopic (exact) mass is 267 g/mol. The third-order valence-electron chi connectivity index (χ3n) is 3.10. The molecule has 0 saturated carbocycles. The van der Waals surface area contributed by atoms with Crippen LogP contribution >= 0.6 is 0 Å². The van der Waals surface area contributed by atoms with E-state index >= 15 is 0 Å². The highest BCUT2D eigenvalue weighted by Gasteiger charge is 2.22. The zero-order valence-corrected chi connectivity index (χ0v) is 10.7. The molecular formula is C14H15F2NO2. The predicted octanol–water partition coefficient (Wildman–Crippen LogP) is 2.38. The standard InChI is InChI=1S/C14H15F2NO2/c1-19-9-10-5-7-17(8-6-10)14(18)11-3-2-4-12(15)13(11)16/h2-5H,6-9H2,1H3. The highest BCUT2D eigenvalue weighted by atomic mass is 19.2. The van der Waals surface area contributed by atoms with Crippen molar-refractivity contribution in [3.63, 3.8) is 0 Å². The lowest BCUT2D eigenvalue weighted by Crippen LogP contribution is -2.35. The first-order chi connectivity index (χ1) is 9.13. The van der Waals surface area contributed by atoms with Crippen LogP contribution in [0.3, 0.4) is 0 Å². The first-order valence-electron chi connectivity index (χ1n) is 6.03. The van der Waals surface area contributed by atoms with E-state index in [1.54, 1.807) is 7.11 Å². The van der Waals surface area contributed by atoms with Crippen molar-refractivity contribution in [3.05, 3.63) is 47.0 Å². The predicted molar refractivity (Wildman–Crippen MR) is 66.8 cm³/mol. The van der Waals surface area contributed by atoms with Crippen molar-refractivity contribution in [3.8, 4) is 0 Å². The molecule has 1 aromatic carbocycles. The molecule has 0 unspecified atom stereocenters. The summed E-state index contributed by atoms with van der Waals surface area (Å²) in [4.78, 5) is 13.6. The molecule has 3 nitrogen and oxygen atoms in total. The van der Waals surface area contributed by atoms with Gasteiger partial charge in [-0.2, -0.15) is 0 Å². The first-order valence-corrected chi connectivity index (χ1v) is 6.03. The van der Waals surface area contributed by atoms with Crippen LogP contribution in [0.25, 0.3) is 0 Å². The Bertz CT molecular complexity index is 514. The fourth-order valence-electron chi connectivity index (χ4n) is 2.05. The Morgan fingerprint density at radius 1 is 1.42 bits per heavy atom. The van der Waals surface area contributed by atoms with Crippen molar-refractivity contribution in [2.45, 2.75) is 6.42 Å². The number of nitrogens with zero attached hydrogens (tertiary/aromatic N) is 1. The lowest BCUT2D eigenvalue weighted by atomic mass is 10.1. The highest BCUT2D eigenvalue weighted by molar-refractivity contribution is 5.94. The number of rotatable bonds is 3. The summed E-state index contributed by atoms with van der Waals surface area (Å²) in [5, 5.41) is 0. The Labute approximate surface area is 110 Å². The number of hydrogen-bond donors (Lipinski definition) is 0. The minimum atomic E-state index is -1.08. The molecule has 1 amide bonds. The zero-order chi connectivity index (χ0) is 13.8. The average molecular weight is 267 g/mol. The van der Waals surface area contributed by atoms with Gasteiger partial charge in [-0.25, -0.2) is 8.78 Å². The normalized spacial score (nSPS) is 15.3. The van der Waals surface area contributed by atoms with E-state index in [9.17, 15) is 13.6 Å². The van der Waals surface area contributed by atoms with Crippen LogP contribution < -0.4 is 0 Å². The second kappa shape index (κ2) is 5.93. The maximum atomic E-state index is 13.5. The van der Waals surface area contributed by atoms with Gasteiger partial charge in [0.05, 0.1) is 12.2 Å². The van der Waals surface area contributed by atoms with Crippen LogP contribution in [0.4, 0.5) is 8.78 Å². The van der Waals surface area contributed by atoms with Crippen LogP contribution in [0, 0.1) is 11.6 Å². The second-order valence-corrected chi connectivity index (χ2v) is 4.40. The molecule has 2 rings (SSSR count).